The van der Waals surface area contributed by atoms with E-state index in [1.807, 2.05) is 0 Å². The molecule has 0 saturated heterocycles. The number of carbonyl (C=O) groups excluding carboxylic acids is 1. The Morgan fingerprint density at radius 2 is 1.80 bits per heavy atom. The van der Waals surface area contributed by atoms with E-state index in [0.717, 1.165) is 18.2 Å². The van der Waals surface area contributed by atoms with Crippen LogP contribution in [0.3, 0.4) is 0 Å². The van der Waals surface area contributed by atoms with Crippen LogP contribution in [0.4, 0.5) is 18.9 Å². The molecule has 1 aromatic carbocycles. The van der Waals surface area contributed by atoms with Crippen molar-refractivity contribution < 1.29 is 18.0 Å². The van der Waals surface area contributed by atoms with Gasteiger partial charge < -0.3 is 5.32 Å². The van der Waals surface area contributed by atoms with Gasteiger partial charge in [0, 0.05) is 0 Å². The zero-order valence-electron chi connectivity index (χ0n) is 12.5. The number of nitrogens with one attached hydrogen (secondary N) is 2. The molecule has 0 aliphatic carbocycles. The maximum absolute atomic E-state index is 12.7. The highest BCUT2D eigenvalue weighted by Gasteiger charge is 2.33. The summed E-state index contributed by atoms with van der Waals surface area (Å²) in [6.07, 6.45) is -3.33. The summed E-state index contributed by atoms with van der Waals surface area (Å²) in [5, 5.41) is 4.76. The molecule has 2 heterocycles. The third-order valence-electron chi connectivity index (χ3n) is 3.28. The molecule has 9 heteroatoms. The van der Waals surface area contributed by atoms with Gasteiger partial charge in [0.25, 0.3) is 11.5 Å². The van der Waals surface area contributed by atoms with E-state index in [2.05, 4.69) is 15.4 Å². The minimum absolute atomic E-state index is 0.104. The molecule has 2 aromatic heterocycles. The molecule has 0 spiro atoms. The average molecular weight is 348 g/mol. The summed E-state index contributed by atoms with van der Waals surface area (Å²) in [6.45, 7) is 0. The summed E-state index contributed by atoms with van der Waals surface area (Å²) in [6, 6.07) is 11.8. The van der Waals surface area contributed by atoms with Crippen LogP contribution in [-0.2, 0) is 6.18 Å². The predicted molar refractivity (Wildman–Crippen MR) is 83.6 cm³/mol. The van der Waals surface area contributed by atoms with Gasteiger partial charge in [-0.1, -0.05) is 24.3 Å². The Kier molecular flexibility index (Phi) is 4.14. The predicted octanol–water partition coefficient (Wildman–Crippen LogP) is 2.83. The van der Waals surface area contributed by atoms with E-state index in [-0.39, 0.29) is 5.69 Å². The van der Waals surface area contributed by atoms with Crippen LogP contribution in [-0.4, -0.2) is 20.7 Å². The fraction of sp³-hybridized carbons (Fsp3) is 0.0625. The normalized spacial score (nSPS) is 11.3. The van der Waals surface area contributed by atoms with Crippen LogP contribution in [0.2, 0.25) is 0 Å². The lowest BCUT2D eigenvalue weighted by molar-refractivity contribution is -0.141. The van der Waals surface area contributed by atoms with Crippen molar-refractivity contribution in [3.63, 3.8) is 0 Å². The molecular formula is C16H11F3N4O2. The van der Waals surface area contributed by atoms with E-state index in [1.54, 1.807) is 30.3 Å². The maximum Gasteiger partial charge on any atom is 0.433 e. The molecule has 3 aromatic rings. The van der Waals surface area contributed by atoms with Crippen LogP contribution in [0.1, 0.15) is 16.2 Å². The van der Waals surface area contributed by atoms with E-state index in [9.17, 15) is 22.8 Å². The first-order valence-electron chi connectivity index (χ1n) is 7.07. The Morgan fingerprint density at radius 1 is 1.08 bits per heavy atom. The second kappa shape index (κ2) is 6.27. The molecule has 128 valence electrons. The summed E-state index contributed by atoms with van der Waals surface area (Å²) in [5.41, 5.74) is -1.67. The lowest BCUT2D eigenvalue weighted by Crippen LogP contribution is -2.19. The lowest BCUT2D eigenvalue weighted by atomic mass is 10.3. The topological polar surface area (TPSA) is 79.8 Å². The maximum atomic E-state index is 12.7. The number of amides is 1. The molecule has 0 aliphatic rings. The van der Waals surface area contributed by atoms with Gasteiger partial charge >= 0.3 is 6.18 Å². The first-order valence-corrected chi connectivity index (χ1v) is 7.07. The van der Waals surface area contributed by atoms with E-state index < -0.39 is 29.0 Å². The number of H-pyrrole nitrogens is 1. The zero-order valence-corrected chi connectivity index (χ0v) is 12.5. The number of hydrogen-bond acceptors (Lipinski definition) is 3. The lowest BCUT2D eigenvalue weighted by Gasteiger charge is -2.07. The number of anilines is 1. The largest absolute Gasteiger partial charge is 0.433 e. The zero-order chi connectivity index (χ0) is 18.0. The van der Waals surface area contributed by atoms with E-state index >= 15 is 0 Å². The van der Waals surface area contributed by atoms with Crippen molar-refractivity contribution in [1.82, 2.24) is 14.8 Å². The number of aromatic amines is 1. The second-order valence-corrected chi connectivity index (χ2v) is 5.05. The third kappa shape index (κ3) is 3.60. The quantitative estimate of drug-likeness (QED) is 0.764. The van der Waals surface area contributed by atoms with Crippen LogP contribution >= 0.6 is 0 Å². The van der Waals surface area contributed by atoms with Gasteiger partial charge in [-0.15, -0.1) is 0 Å². The number of alkyl halides is 3. The highest BCUT2D eigenvalue weighted by molar-refractivity contribution is 6.02. The Bertz CT molecular complexity index is 961. The van der Waals surface area contributed by atoms with Gasteiger partial charge in [-0.3, -0.25) is 19.4 Å². The average Bonchev–Trinajstić information content (AvgIpc) is 2.96. The monoisotopic (exact) mass is 348 g/mol. The Morgan fingerprint density at radius 3 is 2.48 bits per heavy atom. The summed E-state index contributed by atoms with van der Waals surface area (Å²) in [4.78, 5) is 27.3. The molecule has 25 heavy (non-hydrogen) atoms. The fourth-order valence-electron chi connectivity index (χ4n) is 2.11. The summed E-state index contributed by atoms with van der Waals surface area (Å²) in [7, 11) is 0. The number of pyridine rings is 1. The number of hydrogen-bond donors (Lipinski definition) is 2. The highest BCUT2D eigenvalue weighted by Crippen LogP contribution is 2.27. The summed E-state index contributed by atoms with van der Waals surface area (Å²) in [5.74, 6) is -0.914. The SMILES string of the molecule is O=C(Nc1cn(-c2ccccc2)[nH]c1=O)c1cccc(C(F)(F)F)n1. The van der Waals surface area contributed by atoms with Gasteiger partial charge in [0.05, 0.1) is 11.9 Å². The van der Waals surface area contributed by atoms with Crippen molar-refractivity contribution in [1.29, 1.82) is 0 Å². The van der Waals surface area contributed by atoms with Crippen LogP contribution in [0.5, 0.6) is 0 Å². The minimum atomic E-state index is -4.66. The molecule has 0 aliphatic heterocycles. The molecule has 0 atom stereocenters. The number of nitrogens with zero attached hydrogens (tertiary/aromatic N) is 2. The molecule has 0 fully saturated rings. The molecule has 6 nitrogen and oxygen atoms in total. The van der Waals surface area contributed by atoms with Gasteiger partial charge in [-0.25, -0.2) is 4.98 Å². The van der Waals surface area contributed by atoms with Gasteiger partial charge in [-0.05, 0) is 24.3 Å². The Balaban J connectivity index is 1.85. The van der Waals surface area contributed by atoms with Crippen molar-refractivity contribution in [3.05, 3.63) is 76.5 Å². The number of carbonyl (C=O) groups is 1. The highest BCUT2D eigenvalue weighted by atomic mass is 19.4. The number of rotatable bonds is 3. The van der Waals surface area contributed by atoms with Gasteiger partial charge in [-0.2, -0.15) is 13.2 Å². The van der Waals surface area contributed by atoms with Crippen molar-refractivity contribution in [2.45, 2.75) is 6.18 Å². The first-order chi connectivity index (χ1) is 11.8. The van der Waals surface area contributed by atoms with E-state index in [1.165, 1.54) is 10.9 Å². The van der Waals surface area contributed by atoms with Crippen molar-refractivity contribution in [2.75, 3.05) is 5.32 Å². The number of halogens is 3. The van der Waals surface area contributed by atoms with Gasteiger partial charge in [0.2, 0.25) is 0 Å². The number of para-hydroxylation sites is 1. The summed E-state index contributed by atoms with van der Waals surface area (Å²) < 4.78 is 39.4. The van der Waals surface area contributed by atoms with Crippen molar-refractivity contribution in [3.8, 4) is 5.69 Å². The second-order valence-electron chi connectivity index (χ2n) is 5.05. The van der Waals surface area contributed by atoms with Crippen LogP contribution in [0, 0.1) is 0 Å². The molecule has 2 N–H and O–H groups in total. The molecule has 3 rings (SSSR count). The van der Waals surface area contributed by atoms with E-state index in [4.69, 9.17) is 0 Å². The van der Waals surface area contributed by atoms with Crippen LogP contribution in [0.25, 0.3) is 5.69 Å². The van der Waals surface area contributed by atoms with Crippen LogP contribution in [0.15, 0.2) is 59.5 Å². The molecule has 0 radical (unpaired) electrons. The molecular weight excluding hydrogens is 337 g/mol. The fourth-order valence-corrected chi connectivity index (χ4v) is 2.11. The molecule has 0 saturated carbocycles. The van der Waals surface area contributed by atoms with Gasteiger partial charge in [0.15, 0.2) is 0 Å². The van der Waals surface area contributed by atoms with Gasteiger partial charge in [0.1, 0.15) is 17.1 Å². The van der Waals surface area contributed by atoms with Crippen molar-refractivity contribution >= 4 is 11.6 Å². The summed E-state index contributed by atoms with van der Waals surface area (Å²) >= 11 is 0. The minimum Gasteiger partial charge on any atom is -0.315 e. The standard InChI is InChI=1S/C16H11F3N4O2/c17-16(18,19)13-8-4-7-11(20-13)14(24)21-12-9-23(22-15(12)25)10-5-2-1-3-6-10/h1-9H,(H,21,24)(H,22,25). The number of aromatic nitrogens is 3. The van der Waals surface area contributed by atoms with E-state index in [0.29, 0.717) is 5.69 Å². The molecule has 0 unspecified atom stereocenters. The molecule has 1 amide bonds. The Hall–Kier alpha value is -3.36. The smallest absolute Gasteiger partial charge is 0.315 e. The Labute approximate surface area is 138 Å². The van der Waals surface area contributed by atoms with Crippen molar-refractivity contribution in [2.24, 2.45) is 0 Å². The number of benzene rings is 1. The first kappa shape index (κ1) is 16.5. The molecule has 0 bridgehead atoms. The third-order valence-corrected chi connectivity index (χ3v) is 3.28. The van der Waals surface area contributed by atoms with Crippen LogP contribution < -0.4 is 10.9 Å².